The number of ether oxygens (including phenoxy) is 4. The lowest BCUT2D eigenvalue weighted by Gasteiger charge is -2.10. The number of hydrogen-bond acceptors (Lipinski definition) is 13. The molecule has 0 radical (unpaired) electrons. The summed E-state index contributed by atoms with van der Waals surface area (Å²) in [6.45, 7) is 5.75. The number of aromatic nitrogens is 8. The number of nitrogens with one attached hydrogen (secondary N) is 1. The van der Waals surface area contributed by atoms with E-state index in [1.54, 1.807) is 16.9 Å². The van der Waals surface area contributed by atoms with Crippen molar-refractivity contribution in [2.45, 2.75) is 58.0 Å². The number of pyridine rings is 2. The van der Waals surface area contributed by atoms with Crippen LogP contribution >= 0.6 is 0 Å². The van der Waals surface area contributed by atoms with Gasteiger partial charge < -0.3 is 34.8 Å². The molecule has 15 nitrogen and oxygen atoms in total. The number of nitrogens with two attached hydrogens (primary N) is 2. The third-order valence-electron chi connectivity index (χ3n) is 8.35. The van der Waals surface area contributed by atoms with E-state index in [0.717, 1.165) is 65.7 Å². The van der Waals surface area contributed by atoms with E-state index in [4.69, 9.17) is 39.8 Å². The van der Waals surface area contributed by atoms with Crippen LogP contribution in [0, 0.1) is 6.92 Å². The zero-order valence-corrected chi connectivity index (χ0v) is 27.8. The van der Waals surface area contributed by atoms with Gasteiger partial charge in [0.2, 0.25) is 11.8 Å². The summed E-state index contributed by atoms with van der Waals surface area (Å²) in [7, 11) is 0. The molecule has 8 heterocycles. The molecule has 2 fully saturated rings. The van der Waals surface area contributed by atoms with Crippen LogP contribution in [-0.4, -0.2) is 78.4 Å². The smallest absolute Gasteiger partial charge is 0.224 e. The van der Waals surface area contributed by atoms with Crippen molar-refractivity contribution >= 4 is 17.4 Å². The van der Waals surface area contributed by atoms with E-state index in [2.05, 4.69) is 30.2 Å². The van der Waals surface area contributed by atoms with Crippen LogP contribution < -0.4 is 11.5 Å². The van der Waals surface area contributed by atoms with E-state index in [1.165, 1.54) is 0 Å². The molecule has 6 aromatic rings. The summed E-state index contributed by atoms with van der Waals surface area (Å²) in [6, 6.07) is 15.6. The molecule has 0 spiro atoms. The Morgan fingerprint density at radius 1 is 0.780 bits per heavy atom. The SMILES string of the molecule is Cc1ccc(-c2nc(N)nc3c(Cc4cccc(CO[C@H]5CCOC5)n4)cnn23)o1.Nc1[nH]ncc1Cc1cccc(CO[C@H]2CCOC2)n1. The average molecular weight is 681 g/mol. The van der Waals surface area contributed by atoms with Crippen molar-refractivity contribution < 1.29 is 23.4 Å². The van der Waals surface area contributed by atoms with E-state index >= 15 is 0 Å². The van der Waals surface area contributed by atoms with Crippen LogP contribution in [0.4, 0.5) is 11.8 Å². The van der Waals surface area contributed by atoms with Gasteiger partial charge >= 0.3 is 0 Å². The van der Waals surface area contributed by atoms with E-state index in [9.17, 15) is 0 Å². The number of anilines is 2. The first-order valence-electron chi connectivity index (χ1n) is 16.6. The standard InChI is InChI=1S/C21H22N6O3.C14H18N4O2/c1-13-5-6-18(30-13)20-26-21(22)25-19-14(10-23-27(19)20)9-15-3-2-4-16(24-15)11-29-17-7-8-28-12-17;15-14-10(7-16-18-14)6-11-2-1-3-12(17-11)8-20-13-4-5-19-9-13/h2-6,10,17H,7-9,11-12H2,1H3,(H2,22,25);1-3,7,13H,4-6,8-9H2,(H3,15,16,18)/t17-;13-/m00/s1. The molecule has 15 heteroatoms. The minimum atomic E-state index is 0.151. The van der Waals surface area contributed by atoms with Crippen molar-refractivity contribution in [2.75, 3.05) is 37.9 Å². The fourth-order valence-corrected chi connectivity index (χ4v) is 5.74. The molecule has 2 saturated heterocycles. The van der Waals surface area contributed by atoms with Crippen molar-refractivity contribution in [2.24, 2.45) is 0 Å². The third-order valence-corrected chi connectivity index (χ3v) is 8.35. The molecule has 0 amide bonds. The predicted molar refractivity (Wildman–Crippen MR) is 183 cm³/mol. The van der Waals surface area contributed by atoms with Crippen LogP contribution in [0.15, 0.2) is 65.3 Å². The second-order valence-corrected chi connectivity index (χ2v) is 12.2. The molecule has 6 aromatic heterocycles. The van der Waals surface area contributed by atoms with Gasteiger partial charge in [0.15, 0.2) is 11.4 Å². The van der Waals surface area contributed by atoms with Crippen LogP contribution in [0.25, 0.3) is 17.2 Å². The number of nitrogen functional groups attached to an aromatic ring is 2. The van der Waals surface area contributed by atoms with Crippen molar-refractivity contribution in [3.63, 3.8) is 0 Å². The normalized spacial score (nSPS) is 17.3. The minimum absolute atomic E-state index is 0.151. The molecule has 0 aromatic carbocycles. The second-order valence-electron chi connectivity index (χ2n) is 12.2. The highest BCUT2D eigenvalue weighted by atomic mass is 16.5. The Hall–Kier alpha value is -5.22. The lowest BCUT2D eigenvalue weighted by atomic mass is 10.1. The first-order chi connectivity index (χ1) is 24.5. The van der Waals surface area contributed by atoms with Gasteiger partial charge in [0.25, 0.3) is 0 Å². The number of H-pyrrole nitrogens is 1. The molecule has 0 aliphatic carbocycles. The maximum Gasteiger partial charge on any atom is 0.224 e. The number of hydrogen-bond donors (Lipinski definition) is 3. The second kappa shape index (κ2) is 15.6. The summed E-state index contributed by atoms with van der Waals surface area (Å²) in [5, 5.41) is 11.1. The summed E-state index contributed by atoms with van der Waals surface area (Å²) in [5.74, 6) is 2.66. The Kier molecular flexibility index (Phi) is 10.4. The monoisotopic (exact) mass is 680 g/mol. The molecular weight excluding hydrogens is 640 g/mol. The Morgan fingerprint density at radius 3 is 1.98 bits per heavy atom. The van der Waals surface area contributed by atoms with Crippen molar-refractivity contribution in [3.05, 3.63) is 101 Å². The Balaban J connectivity index is 0.000000170. The average Bonchev–Trinajstić information content (AvgIpc) is 3.98. The Bertz CT molecular complexity index is 2010. The first kappa shape index (κ1) is 33.3. The van der Waals surface area contributed by atoms with E-state index in [-0.39, 0.29) is 18.2 Å². The largest absolute Gasteiger partial charge is 0.458 e. The number of rotatable bonds is 11. The third kappa shape index (κ3) is 8.31. The zero-order valence-electron chi connectivity index (χ0n) is 27.8. The van der Waals surface area contributed by atoms with E-state index in [1.807, 2.05) is 55.5 Å². The number of nitrogens with zero attached hydrogens (tertiary/aromatic N) is 7. The van der Waals surface area contributed by atoms with Crippen LogP contribution in [0.1, 0.15) is 52.5 Å². The molecule has 2 aliphatic heterocycles. The van der Waals surface area contributed by atoms with Gasteiger partial charge in [-0.1, -0.05) is 12.1 Å². The summed E-state index contributed by atoms with van der Waals surface area (Å²) < 4.78 is 29.6. The topological polar surface area (TPSA) is 200 Å². The molecule has 2 aliphatic rings. The number of fused-ring (bicyclic) bond motifs is 1. The van der Waals surface area contributed by atoms with Gasteiger partial charge in [0.05, 0.1) is 62.4 Å². The summed E-state index contributed by atoms with van der Waals surface area (Å²) in [6.07, 6.45) is 6.98. The van der Waals surface area contributed by atoms with Gasteiger partial charge in [-0.2, -0.15) is 24.7 Å². The van der Waals surface area contributed by atoms with Gasteiger partial charge in [-0.25, -0.2) is 0 Å². The van der Waals surface area contributed by atoms with E-state index < -0.39 is 0 Å². The molecule has 0 bridgehead atoms. The number of furan rings is 1. The van der Waals surface area contributed by atoms with Gasteiger partial charge in [0.1, 0.15) is 11.6 Å². The molecule has 5 N–H and O–H groups in total. The highest BCUT2D eigenvalue weighted by Gasteiger charge is 2.19. The van der Waals surface area contributed by atoms with Crippen LogP contribution in [0.3, 0.4) is 0 Å². The fraction of sp³-hybridized carbons (Fsp3) is 0.371. The minimum Gasteiger partial charge on any atom is -0.458 e. The summed E-state index contributed by atoms with van der Waals surface area (Å²) in [4.78, 5) is 18.0. The quantitative estimate of drug-likeness (QED) is 0.178. The first-order valence-corrected chi connectivity index (χ1v) is 16.6. The molecule has 2 atom stereocenters. The Labute approximate surface area is 288 Å². The molecular formula is C35H40N10O5. The highest BCUT2D eigenvalue weighted by Crippen LogP contribution is 2.24. The van der Waals surface area contributed by atoms with Gasteiger partial charge in [0, 0.05) is 48.6 Å². The number of aromatic amines is 1. The van der Waals surface area contributed by atoms with Crippen molar-refractivity contribution in [3.8, 4) is 11.6 Å². The predicted octanol–water partition coefficient (Wildman–Crippen LogP) is 3.85. The van der Waals surface area contributed by atoms with Crippen LogP contribution in [0.5, 0.6) is 0 Å². The maximum absolute atomic E-state index is 5.97. The summed E-state index contributed by atoms with van der Waals surface area (Å²) >= 11 is 0. The Morgan fingerprint density at radius 2 is 1.42 bits per heavy atom. The van der Waals surface area contributed by atoms with Gasteiger partial charge in [-0.05, 0) is 56.2 Å². The molecule has 260 valence electrons. The fourth-order valence-electron chi connectivity index (χ4n) is 5.74. The highest BCUT2D eigenvalue weighted by molar-refractivity contribution is 5.59. The van der Waals surface area contributed by atoms with Crippen LogP contribution in [0.2, 0.25) is 0 Å². The van der Waals surface area contributed by atoms with Crippen LogP contribution in [-0.2, 0) is 45.0 Å². The van der Waals surface area contributed by atoms with E-state index in [0.29, 0.717) is 62.3 Å². The summed E-state index contributed by atoms with van der Waals surface area (Å²) in [5.41, 5.74) is 17.9. The zero-order chi connectivity index (χ0) is 34.3. The number of aryl methyl sites for hydroxylation is 1. The van der Waals surface area contributed by atoms with Gasteiger partial charge in [-0.3, -0.25) is 15.1 Å². The molecule has 0 unspecified atom stereocenters. The molecule has 0 saturated carbocycles. The van der Waals surface area contributed by atoms with Crippen molar-refractivity contribution in [1.82, 2.24) is 39.7 Å². The molecule has 8 rings (SSSR count). The lowest BCUT2D eigenvalue weighted by molar-refractivity contribution is 0.0300. The van der Waals surface area contributed by atoms with Gasteiger partial charge in [-0.15, -0.1) is 0 Å². The lowest BCUT2D eigenvalue weighted by Crippen LogP contribution is -2.12. The molecule has 50 heavy (non-hydrogen) atoms. The maximum atomic E-state index is 5.97. The van der Waals surface area contributed by atoms with Crippen molar-refractivity contribution in [1.29, 1.82) is 0 Å².